The van der Waals surface area contributed by atoms with Gasteiger partial charge in [0.05, 0.1) is 5.69 Å². The van der Waals surface area contributed by atoms with Crippen LogP contribution in [0.4, 0.5) is 0 Å². The molecule has 2 heterocycles. The summed E-state index contributed by atoms with van der Waals surface area (Å²) in [6.45, 7) is 1.28. The van der Waals surface area contributed by atoms with Crippen LogP contribution in [0.3, 0.4) is 0 Å². The molecule has 0 radical (unpaired) electrons. The number of fused-ring (bicyclic) bond motifs is 1. The molecule has 0 amide bonds. The molecule has 0 aromatic carbocycles. The van der Waals surface area contributed by atoms with E-state index in [0.717, 1.165) is 19.4 Å². The smallest absolute Gasteiger partial charge is 0.108 e. The number of hydrogen-bond acceptors (Lipinski definition) is 2. The van der Waals surface area contributed by atoms with Gasteiger partial charge >= 0.3 is 0 Å². The molecular weight excluding hydrogens is 200 g/mol. The number of hydrogen-bond donors (Lipinski definition) is 1. The fraction of sp³-hybridized carbons (Fsp3) is 0.769. The fourth-order valence-corrected chi connectivity index (χ4v) is 3.10. The molecule has 1 aromatic rings. The molecule has 1 saturated carbocycles. The van der Waals surface area contributed by atoms with E-state index in [9.17, 15) is 5.11 Å². The monoisotopic (exact) mass is 220 g/mol. The molecule has 1 atom stereocenters. The van der Waals surface area contributed by atoms with Crippen molar-refractivity contribution in [2.24, 2.45) is 5.92 Å². The Morgan fingerprint density at radius 3 is 2.88 bits per heavy atom. The molecule has 16 heavy (non-hydrogen) atoms. The number of rotatable bonds is 2. The summed E-state index contributed by atoms with van der Waals surface area (Å²) >= 11 is 0. The Bertz CT molecular complexity index is 366. The van der Waals surface area contributed by atoms with Crippen LogP contribution in [0.25, 0.3) is 0 Å². The van der Waals surface area contributed by atoms with Gasteiger partial charge in [-0.2, -0.15) is 0 Å². The lowest BCUT2D eigenvalue weighted by Gasteiger charge is -2.21. The number of aryl methyl sites for hydroxylation is 1. The predicted octanol–water partition coefficient (Wildman–Crippen LogP) is 2.10. The highest BCUT2D eigenvalue weighted by atomic mass is 16.3. The van der Waals surface area contributed by atoms with Crippen molar-refractivity contribution in [1.29, 1.82) is 0 Å². The summed E-state index contributed by atoms with van der Waals surface area (Å²) < 4.78 is 2.28. The van der Waals surface area contributed by atoms with Gasteiger partial charge in [0, 0.05) is 37.6 Å². The third-order valence-corrected chi connectivity index (χ3v) is 4.14. The Kier molecular flexibility index (Phi) is 2.72. The Hall–Kier alpha value is -0.830. The maximum absolute atomic E-state index is 9.20. The van der Waals surface area contributed by atoms with Crippen molar-refractivity contribution in [3.8, 4) is 0 Å². The Morgan fingerprint density at radius 2 is 2.12 bits per heavy atom. The second-order valence-corrected chi connectivity index (χ2v) is 5.30. The summed E-state index contributed by atoms with van der Waals surface area (Å²) in [5.74, 6) is 2.40. The number of imidazole rings is 1. The first-order valence-corrected chi connectivity index (χ1v) is 6.53. The zero-order chi connectivity index (χ0) is 11.0. The summed E-state index contributed by atoms with van der Waals surface area (Å²) in [5.41, 5.74) is 1.31. The van der Waals surface area contributed by atoms with Gasteiger partial charge in [-0.05, 0) is 19.3 Å². The first-order valence-electron chi connectivity index (χ1n) is 6.53. The minimum Gasteiger partial charge on any atom is -0.396 e. The van der Waals surface area contributed by atoms with E-state index in [4.69, 9.17) is 4.98 Å². The molecule has 1 fully saturated rings. The number of aliphatic hydroxyl groups is 1. The van der Waals surface area contributed by atoms with Crippen molar-refractivity contribution in [3.63, 3.8) is 0 Å². The summed E-state index contributed by atoms with van der Waals surface area (Å²) in [5, 5.41) is 9.20. The topological polar surface area (TPSA) is 38.1 Å². The first kappa shape index (κ1) is 10.3. The van der Waals surface area contributed by atoms with Crippen LogP contribution >= 0.6 is 0 Å². The molecule has 0 spiro atoms. The third-order valence-electron chi connectivity index (χ3n) is 4.14. The Morgan fingerprint density at radius 1 is 1.31 bits per heavy atom. The van der Waals surface area contributed by atoms with Crippen molar-refractivity contribution >= 4 is 0 Å². The van der Waals surface area contributed by atoms with Crippen LogP contribution < -0.4 is 0 Å². The van der Waals surface area contributed by atoms with Crippen molar-refractivity contribution in [2.75, 3.05) is 6.61 Å². The third kappa shape index (κ3) is 1.77. The lowest BCUT2D eigenvalue weighted by molar-refractivity contribution is 0.190. The van der Waals surface area contributed by atoms with E-state index in [1.165, 1.54) is 37.2 Å². The van der Waals surface area contributed by atoms with E-state index in [1.807, 2.05) is 0 Å². The van der Waals surface area contributed by atoms with Crippen molar-refractivity contribution in [3.05, 3.63) is 17.7 Å². The second kappa shape index (κ2) is 4.21. The first-order chi connectivity index (χ1) is 7.86. The van der Waals surface area contributed by atoms with Gasteiger partial charge in [0.2, 0.25) is 0 Å². The molecule has 1 unspecified atom stereocenters. The van der Waals surface area contributed by atoms with Gasteiger partial charge in [0.1, 0.15) is 5.82 Å². The van der Waals surface area contributed by atoms with Crippen molar-refractivity contribution in [1.82, 2.24) is 9.55 Å². The van der Waals surface area contributed by atoms with E-state index in [1.54, 1.807) is 0 Å². The van der Waals surface area contributed by atoms with E-state index in [0.29, 0.717) is 18.4 Å². The number of aliphatic hydroxyl groups excluding tert-OH is 1. The normalized spacial score (nSPS) is 25.9. The van der Waals surface area contributed by atoms with Gasteiger partial charge in [-0.1, -0.05) is 12.8 Å². The quantitative estimate of drug-likeness (QED) is 0.828. The Balaban J connectivity index is 1.80. The van der Waals surface area contributed by atoms with Gasteiger partial charge in [-0.3, -0.25) is 0 Å². The zero-order valence-electron chi connectivity index (χ0n) is 9.73. The zero-order valence-corrected chi connectivity index (χ0v) is 9.73. The molecule has 3 heteroatoms. The van der Waals surface area contributed by atoms with E-state index >= 15 is 0 Å². The molecule has 1 N–H and O–H groups in total. The van der Waals surface area contributed by atoms with E-state index in [2.05, 4.69) is 10.8 Å². The Labute approximate surface area is 96.5 Å². The molecule has 2 aliphatic rings. The van der Waals surface area contributed by atoms with Crippen LogP contribution in [0.5, 0.6) is 0 Å². The van der Waals surface area contributed by atoms with Crippen LogP contribution in [0.15, 0.2) is 6.20 Å². The molecule has 0 saturated heterocycles. The van der Waals surface area contributed by atoms with Gasteiger partial charge in [-0.15, -0.1) is 0 Å². The maximum atomic E-state index is 9.20. The molecule has 1 aliphatic heterocycles. The molecule has 1 aliphatic carbocycles. The van der Waals surface area contributed by atoms with Crippen LogP contribution in [0.2, 0.25) is 0 Å². The molecule has 88 valence electrons. The SMILES string of the molecule is OCC1CCc2nc(C3CCCC3)cn2C1. The van der Waals surface area contributed by atoms with Gasteiger partial charge in [0.15, 0.2) is 0 Å². The number of nitrogens with zero attached hydrogens (tertiary/aromatic N) is 2. The predicted molar refractivity (Wildman–Crippen MR) is 62.3 cm³/mol. The average molecular weight is 220 g/mol. The van der Waals surface area contributed by atoms with E-state index < -0.39 is 0 Å². The summed E-state index contributed by atoms with van der Waals surface area (Å²) in [6.07, 6.45) is 9.75. The lowest BCUT2D eigenvalue weighted by atomic mass is 10.0. The molecule has 3 nitrogen and oxygen atoms in total. The minimum atomic E-state index is 0.316. The van der Waals surface area contributed by atoms with Crippen LogP contribution in [0, 0.1) is 5.92 Å². The van der Waals surface area contributed by atoms with Crippen LogP contribution in [-0.2, 0) is 13.0 Å². The molecular formula is C13H20N2O. The maximum Gasteiger partial charge on any atom is 0.108 e. The largest absolute Gasteiger partial charge is 0.396 e. The molecule has 3 rings (SSSR count). The van der Waals surface area contributed by atoms with Gasteiger partial charge < -0.3 is 9.67 Å². The summed E-state index contributed by atoms with van der Waals surface area (Å²) in [7, 11) is 0. The average Bonchev–Trinajstić information content (AvgIpc) is 2.96. The summed E-state index contributed by atoms with van der Waals surface area (Å²) in [6, 6.07) is 0. The van der Waals surface area contributed by atoms with Crippen LogP contribution in [-0.4, -0.2) is 21.3 Å². The lowest BCUT2D eigenvalue weighted by Crippen LogP contribution is -2.22. The fourth-order valence-electron chi connectivity index (χ4n) is 3.10. The molecule has 0 bridgehead atoms. The molecule has 1 aromatic heterocycles. The highest BCUT2D eigenvalue weighted by molar-refractivity contribution is 5.12. The summed E-state index contributed by atoms with van der Waals surface area (Å²) in [4.78, 5) is 4.78. The minimum absolute atomic E-state index is 0.316. The highest BCUT2D eigenvalue weighted by Crippen LogP contribution is 2.34. The number of aromatic nitrogens is 2. The van der Waals surface area contributed by atoms with E-state index in [-0.39, 0.29) is 0 Å². The second-order valence-electron chi connectivity index (χ2n) is 5.30. The highest BCUT2D eigenvalue weighted by Gasteiger charge is 2.24. The van der Waals surface area contributed by atoms with Crippen molar-refractivity contribution in [2.45, 2.75) is 51.0 Å². The van der Waals surface area contributed by atoms with Crippen molar-refractivity contribution < 1.29 is 5.11 Å². The van der Waals surface area contributed by atoms with Gasteiger partial charge in [-0.25, -0.2) is 4.98 Å². The van der Waals surface area contributed by atoms with Gasteiger partial charge in [0.25, 0.3) is 0 Å². The standard InChI is InChI=1S/C13H20N2O/c16-9-10-5-6-13-14-12(8-15(13)7-10)11-3-1-2-4-11/h8,10-11,16H,1-7,9H2. The van der Waals surface area contributed by atoms with Crippen LogP contribution in [0.1, 0.15) is 49.5 Å².